The maximum absolute atomic E-state index is 12.3. The first-order valence-electron chi connectivity index (χ1n) is 9.20. The highest BCUT2D eigenvalue weighted by molar-refractivity contribution is 5.79. The van der Waals surface area contributed by atoms with Crippen LogP contribution in [0.15, 0.2) is 24.3 Å². The average molecular weight is 362 g/mol. The van der Waals surface area contributed by atoms with E-state index in [0.29, 0.717) is 39.1 Å². The van der Waals surface area contributed by atoms with Crippen LogP contribution in [0.5, 0.6) is 5.75 Å². The molecule has 1 aliphatic heterocycles. The van der Waals surface area contributed by atoms with Crippen LogP contribution in [0.3, 0.4) is 0 Å². The van der Waals surface area contributed by atoms with Gasteiger partial charge in [0.05, 0.1) is 6.54 Å². The molecule has 1 N–H and O–H groups in total. The van der Waals surface area contributed by atoms with Crippen LogP contribution in [0.25, 0.3) is 0 Å². The Morgan fingerprint density at radius 2 is 1.92 bits per heavy atom. The molecule has 2 rings (SSSR count). The van der Waals surface area contributed by atoms with Crippen molar-refractivity contribution in [2.45, 2.75) is 46.1 Å². The highest BCUT2D eigenvalue weighted by Crippen LogP contribution is 2.20. The maximum Gasteiger partial charge on any atom is 0.410 e. The summed E-state index contributed by atoms with van der Waals surface area (Å²) in [5, 5.41) is 2.92. The lowest BCUT2D eigenvalue weighted by atomic mass is 9.96. The summed E-state index contributed by atoms with van der Waals surface area (Å²) in [4.78, 5) is 26.0. The zero-order valence-electron chi connectivity index (χ0n) is 16.2. The largest absolute Gasteiger partial charge is 0.492 e. The fourth-order valence-electron chi connectivity index (χ4n) is 2.84. The van der Waals surface area contributed by atoms with Gasteiger partial charge in [-0.2, -0.15) is 0 Å². The number of ether oxygens (including phenoxy) is 2. The lowest BCUT2D eigenvalue weighted by Gasteiger charge is -2.32. The minimum atomic E-state index is -0.497. The zero-order chi connectivity index (χ0) is 19.2. The number of aryl methyl sites for hydroxylation is 1. The summed E-state index contributed by atoms with van der Waals surface area (Å²) >= 11 is 0. The third-order valence-electron chi connectivity index (χ3n) is 4.18. The molecule has 0 atom stereocenters. The molecule has 1 heterocycles. The van der Waals surface area contributed by atoms with Crippen molar-refractivity contribution >= 4 is 12.0 Å². The molecule has 6 nitrogen and oxygen atoms in total. The number of rotatable bonds is 5. The minimum absolute atomic E-state index is 0.0293. The highest BCUT2D eigenvalue weighted by Gasteiger charge is 2.29. The number of hydrogen-bond donors (Lipinski definition) is 1. The third-order valence-corrected chi connectivity index (χ3v) is 4.18. The second kappa shape index (κ2) is 8.92. The van der Waals surface area contributed by atoms with Gasteiger partial charge in [-0.05, 0) is 58.2 Å². The van der Waals surface area contributed by atoms with Crippen LogP contribution in [-0.4, -0.2) is 48.7 Å². The monoisotopic (exact) mass is 362 g/mol. The Balaban J connectivity index is 1.66. The van der Waals surface area contributed by atoms with Crippen LogP contribution in [-0.2, 0) is 9.53 Å². The van der Waals surface area contributed by atoms with Crippen molar-refractivity contribution < 1.29 is 19.1 Å². The quantitative estimate of drug-likeness (QED) is 0.817. The van der Waals surface area contributed by atoms with E-state index in [2.05, 4.69) is 5.32 Å². The number of benzene rings is 1. The Hall–Kier alpha value is -2.24. The van der Waals surface area contributed by atoms with Gasteiger partial charge in [0.2, 0.25) is 5.91 Å². The molecule has 144 valence electrons. The van der Waals surface area contributed by atoms with Crippen molar-refractivity contribution in [2.75, 3.05) is 26.2 Å². The molecular weight excluding hydrogens is 332 g/mol. The fraction of sp³-hybridized carbons (Fsp3) is 0.600. The molecule has 6 heteroatoms. The van der Waals surface area contributed by atoms with E-state index in [1.165, 1.54) is 0 Å². The molecule has 0 unspecified atom stereocenters. The Bertz CT molecular complexity index is 616. The number of piperidine rings is 1. The maximum atomic E-state index is 12.3. The van der Waals surface area contributed by atoms with Crippen molar-refractivity contribution in [1.29, 1.82) is 0 Å². The highest BCUT2D eigenvalue weighted by atomic mass is 16.6. The zero-order valence-corrected chi connectivity index (χ0v) is 16.2. The van der Waals surface area contributed by atoms with E-state index in [0.717, 1.165) is 11.3 Å². The van der Waals surface area contributed by atoms with Gasteiger partial charge in [-0.3, -0.25) is 4.79 Å². The van der Waals surface area contributed by atoms with Gasteiger partial charge >= 0.3 is 6.09 Å². The van der Waals surface area contributed by atoms with Crippen molar-refractivity contribution in [3.63, 3.8) is 0 Å². The van der Waals surface area contributed by atoms with Gasteiger partial charge in [0.1, 0.15) is 18.0 Å². The number of hydrogen-bond acceptors (Lipinski definition) is 4. The molecule has 1 aromatic carbocycles. The average Bonchev–Trinajstić information content (AvgIpc) is 2.57. The Labute approximate surface area is 155 Å². The third kappa shape index (κ3) is 6.58. The van der Waals surface area contributed by atoms with Gasteiger partial charge < -0.3 is 19.7 Å². The van der Waals surface area contributed by atoms with E-state index < -0.39 is 5.60 Å². The standard InChI is InChI=1S/C20H30N2O4/c1-15-6-5-7-17(14-15)25-13-10-21-18(23)16-8-11-22(12-9-16)19(24)26-20(2,3)4/h5-7,14,16H,8-13H2,1-4H3,(H,21,23). The molecule has 0 aliphatic carbocycles. The molecule has 1 saturated heterocycles. The fourth-order valence-corrected chi connectivity index (χ4v) is 2.84. The number of carbonyl (C=O) groups excluding carboxylic acids is 2. The predicted molar refractivity (Wildman–Crippen MR) is 100 cm³/mol. The van der Waals surface area contributed by atoms with Gasteiger partial charge in [-0.1, -0.05) is 12.1 Å². The summed E-state index contributed by atoms with van der Waals surface area (Å²) in [5.74, 6) is 0.777. The molecule has 1 aromatic rings. The van der Waals surface area contributed by atoms with E-state index in [1.807, 2.05) is 52.0 Å². The molecule has 1 aliphatic rings. The minimum Gasteiger partial charge on any atom is -0.492 e. The molecule has 2 amide bonds. The van der Waals surface area contributed by atoms with Crippen LogP contribution < -0.4 is 10.1 Å². The summed E-state index contributed by atoms with van der Waals surface area (Å²) in [6.07, 6.45) is 1.01. The van der Waals surface area contributed by atoms with E-state index in [1.54, 1.807) is 4.90 Å². The normalized spacial score (nSPS) is 15.5. The number of nitrogens with zero attached hydrogens (tertiary/aromatic N) is 1. The van der Waals surface area contributed by atoms with E-state index in [-0.39, 0.29) is 17.9 Å². The molecule has 0 aromatic heterocycles. The number of amides is 2. The lowest BCUT2D eigenvalue weighted by Crippen LogP contribution is -2.45. The van der Waals surface area contributed by atoms with Gasteiger partial charge in [-0.15, -0.1) is 0 Å². The molecule has 0 saturated carbocycles. The number of carbonyl (C=O) groups is 2. The van der Waals surface area contributed by atoms with Crippen molar-refractivity contribution in [3.05, 3.63) is 29.8 Å². The molecule has 26 heavy (non-hydrogen) atoms. The summed E-state index contributed by atoms with van der Waals surface area (Å²) in [6, 6.07) is 7.83. The van der Waals surface area contributed by atoms with Crippen molar-refractivity contribution in [1.82, 2.24) is 10.2 Å². The van der Waals surface area contributed by atoms with Crippen molar-refractivity contribution in [2.24, 2.45) is 5.92 Å². The van der Waals surface area contributed by atoms with Crippen LogP contribution in [0.4, 0.5) is 4.79 Å². The first-order valence-corrected chi connectivity index (χ1v) is 9.20. The Kier molecular flexibility index (Phi) is 6.89. The van der Waals surface area contributed by atoms with Gasteiger partial charge in [-0.25, -0.2) is 4.79 Å². The molecule has 0 bridgehead atoms. The van der Waals surface area contributed by atoms with Crippen LogP contribution >= 0.6 is 0 Å². The summed E-state index contributed by atoms with van der Waals surface area (Å²) in [5.41, 5.74) is 0.645. The lowest BCUT2D eigenvalue weighted by molar-refractivity contribution is -0.126. The predicted octanol–water partition coefficient (Wildman–Crippen LogP) is 3.14. The van der Waals surface area contributed by atoms with Crippen LogP contribution in [0.2, 0.25) is 0 Å². The van der Waals surface area contributed by atoms with E-state index in [9.17, 15) is 9.59 Å². The van der Waals surface area contributed by atoms with Gasteiger partial charge in [0.15, 0.2) is 0 Å². The van der Waals surface area contributed by atoms with Gasteiger partial charge in [0.25, 0.3) is 0 Å². The first kappa shape index (κ1) is 20.1. The first-order chi connectivity index (χ1) is 12.2. The van der Waals surface area contributed by atoms with Gasteiger partial charge in [0, 0.05) is 19.0 Å². The second-order valence-electron chi connectivity index (χ2n) is 7.70. The van der Waals surface area contributed by atoms with Crippen LogP contribution in [0, 0.1) is 12.8 Å². The Morgan fingerprint density at radius 1 is 1.23 bits per heavy atom. The molecule has 0 radical (unpaired) electrons. The number of nitrogens with one attached hydrogen (secondary N) is 1. The molecule has 1 fully saturated rings. The smallest absolute Gasteiger partial charge is 0.410 e. The van der Waals surface area contributed by atoms with E-state index >= 15 is 0 Å². The summed E-state index contributed by atoms with van der Waals surface area (Å²) in [7, 11) is 0. The van der Waals surface area contributed by atoms with E-state index in [4.69, 9.17) is 9.47 Å². The topological polar surface area (TPSA) is 67.9 Å². The Morgan fingerprint density at radius 3 is 2.54 bits per heavy atom. The summed E-state index contributed by atoms with van der Waals surface area (Å²) in [6.45, 7) is 9.57. The number of likely N-dealkylation sites (tertiary alicyclic amines) is 1. The molecule has 0 spiro atoms. The van der Waals surface area contributed by atoms with Crippen LogP contribution in [0.1, 0.15) is 39.2 Å². The summed E-state index contributed by atoms with van der Waals surface area (Å²) < 4.78 is 11.0. The SMILES string of the molecule is Cc1cccc(OCCNC(=O)C2CCN(C(=O)OC(C)(C)C)CC2)c1. The second-order valence-corrected chi connectivity index (χ2v) is 7.70. The molecular formula is C20H30N2O4. The van der Waals surface area contributed by atoms with Crippen molar-refractivity contribution in [3.8, 4) is 5.75 Å².